The predicted molar refractivity (Wildman–Crippen MR) is 107 cm³/mol. The highest BCUT2D eigenvalue weighted by molar-refractivity contribution is 5.97. The van der Waals surface area contributed by atoms with Crippen molar-refractivity contribution in [3.63, 3.8) is 0 Å². The van der Waals surface area contributed by atoms with Gasteiger partial charge in [0.05, 0.1) is 24.5 Å². The van der Waals surface area contributed by atoms with Gasteiger partial charge in [-0.25, -0.2) is 5.43 Å². The maximum Gasteiger partial charge on any atom is 0.254 e. The number of ether oxygens (including phenoxy) is 1. The van der Waals surface area contributed by atoms with Gasteiger partial charge in [-0.1, -0.05) is 18.6 Å². The van der Waals surface area contributed by atoms with Crippen molar-refractivity contribution in [1.29, 1.82) is 0 Å². The van der Waals surface area contributed by atoms with Gasteiger partial charge in [0, 0.05) is 19.3 Å². The van der Waals surface area contributed by atoms with Gasteiger partial charge in [0.1, 0.15) is 12.5 Å². The molecule has 3 heterocycles. The summed E-state index contributed by atoms with van der Waals surface area (Å²) in [4.78, 5) is 14.9. The van der Waals surface area contributed by atoms with Gasteiger partial charge in [-0.15, -0.1) is 0 Å². The molecular formula is C21H29N5O2. The van der Waals surface area contributed by atoms with E-state index in [0.29, 0.717) is 13.2 Å². The van der Waals surface area contributed by atoms with Gasteiger partial charge < -0.3 is 10.1 Å². The number of rotatable bonds is 3. The minimum absolute atomic E-state index is 0.0170. The first kappa shape index (κ1) is 18.1. The molecule has 2 unspecified atom stereocenters. The van der Waals surface area contributed by atoms with E-state index in [9.17, 15) is 4.79 Å². The second-order valence-corrected chi connectivity index (χ2v) is 8.34. The lowest BCUT2D eigenvalue weighted by molar-refractivity contribution is -0.123. The molecule has 3 N–H and O–H groups in total. The predicted octanol–water partition coefficient (Wildman–Crippen LogP) is 1.44. The third-order valence-corrected chi connectivity index (χ3v) is 6.44. The molecule has 2 atom stereocenters. The Hall–Kier alpha value is -1.93. The zero-order chi connectivity index (χ0) is 19.3. The van der Waals surface area contributed by atoms with E-state index in [0.717, 1.165) is 30.3 Å². The first-order chi connectivity index (χ1) is 13.6. The molecule has 7 heteroatoms. The van der Waals surface area contributed by atoms with Crippen molar-refractivity contribution in [3.05, 3.63) is 40.6 Å². The van der Waals surface area contributed by atoms with Gasteiger partial charge in [0.15, 0.2) is 0 Å². The van der Waals surface area contributed by atoms with Crippen molar-refractivity contribution in [3.8, 4) is 0 Å². The van der Waals surface area contributed by atoms with Crippen LogP contribution in [0.1, 0.15) is 41.9 Å². The minimum atomic E-state index is -0.188. The monoisotopic (exact) mass is 383 g/mol. The van der Waals surface area contributed by atoms with Crippen LogP contribution in [0.2, 0.25) is 0 Å². The highest BCUT2D eigenvalue weighted by atomic mass is 16.5. The lowest BCUT2D eigenvalue weighted by atomic mass is 9.79. The molecule has 3 fully saturated rings. The number of benzene rings is 1. The van der Waals surface area contributed by atoms with Crippen LogP contribution in [0.5, 0.6) is 0 Å². The lowest BCUT2D eigenvalue weighted by Crippen LogP contribution is -2.68. The quantitative estimate of drug-likeness (QED) is 0.734. The molecule has 1 aliphatic carbocycles. The Balaban J connectivity index is 1.36. The fraction of sp³-hybridized carbons (Fsp3) is 0.571. The van der Waals surface area contributed by atoms with E-state index >= 15 is 0 Å². The van der Waals surface area contributed by atoms with Crippen LogP contribution < -0.4 is 21.1 Å². The van der Waals surface area contributed by atoms with E-state index in [2.05, 4.69) is 46.9 Å². The Labute approximate surface area is 166 Å². The number of aryl methyl sites for hydroxylation is 2. The maximum atomic E-state index is 12.7. The molecule has 150 valence electrons. The fourth-order valence-corrected chi connectivity index (χ4v) is 4.69. The van der Waals surface area contributed by atoms with E-state index in [1.54, 1.807) is 0 Å². The fourth-order valence-electron chi connectivity index (χ4n) is 4.69. The van der Waals surface area contributed by atoms with Crippen molar-refractivity contribution in [1.82, 2.24) is 21.0 Å². The number of fused-ring (bicyclic) bond motifs is 1. The van der Waals surface area contributed by atoms with Crippen molar-refractivity contribution < 1.29 is 9.53 Å². The van der Waals surface area contributed by atoms with Gasteiger partial charge in [-0.3, -0.25) is 20.0 Å². The maximum absolute atomic E-state index is 12.7. The van der Waals surface area contributed by atoms with E-state index in [4.69, 9.17) is 4.74 Å². The Morgan fingerprint density at radius 1 is 1.11 bits per heavy atom. The smallest absolute Gasteiger partial charge is 0.254 e. The summed E-state index contributed by atoms with van der Waals surface area (Å²) in [6, 6.07) is 4.64. The Morgan fingerprint density at radius 2 is 1.82 bits per heavy atom. The average Bonchev–Trinajstić information content (AvgIpc) is 3.04. The van der Waals surface area contributed by atoms with Crippen LogP contribution in [0.3, 0.4) is 0 Å². The van der Waals surface area contributed by atoms with Crippen molar-refractivity contribution in [2.75, 3.05) is 31.3 Å². The number of nitrogens with one attached hydrogen (secondary N) is 3. The second kappa shape index (κ2) is 7.15. The molecule has 4 aliphatic rings. The third-order valence-electron chi connectivity index (χ3n) is 6.44. The molecular weight excluding hydrogens is 354 g/mol. The lowest BCUT2D eigenvalue weighted by Gasteiger charge is -2.40. The van der Waals surface area contributed by atoms with Gasteiger partial charge in [0.25, 0.3) is 5.91 Å². The number of anilines is 1. The van der Waals surface area contributed by atoms with E-state index in [-0.39, 0.29) is 18.4 Å². The number of hydrogen-bond acceptors (Lipinski definition) is 6. The molecule has 0 aromatic heterocycles. The minimum Gasteiger partial charge on any atom is -0.379 e. The molecule has 1 saturated carbocycles. The zero-order valence-electron chi connectivity index (χ0n) is 16.6. The molecule has 1 aromatic carbocycles. The summed E-state index contributed by atoms with van der Waals surface area (Å²) >= 11 is 0. The zero-order valence-corrected chi connectivity index (χ0v) is 16.6. The van der Waals surface area contributed by atoms with Crippen molar-refractivity contribution in [2.24, 2.45) is 0 Å². The van der Waals surface area contributed by atoms with Crippen LogP contribution in [-0.2, 0) is 9.53 Å². The van der Waals surface area contributed by atoms with Crippen LogP contribution in [0.25, 0.3) is 0 Å². The van der Waals surface area contributed by atoms with Crippen LogP contribution in [0, 0.1) is 13.8 Å². The van der Waals surface area contributed by atoms with Gasteiger partial charge >= 0.3 is 0 Å². The summed E-state index contributed by atoms with van der Waals surface area (Å²) in [5.74, 6) is 0.706. The third kappa shape index (κ3) is 3.12. The molecule has 5 rings (SSSR count). The summed E-state index contributed by atoms with van der Waals surface area (Å²) in [5.41, 5.74) is 9.29. The molecule has 28 heavy (non-hydrogen) atoms. The van der Waals surface area contributed by atoms with E-state index < -0.39 is 0 Å². The highest BCUT2D eigenvalue weighted by Gasteiger charge is 2.39. The Morgan fingerprint density at radius 3 is 2.46 bits per heavy atom. The Bertz CT molecular complexity index is 790. The molecule has 7 nitrogen and oxygen atoms in total. The SMILES string of the molecule is Cc1cc(C2CCC2)cc(C)c1N1C=C2C(=O)NC(N3CCOCC3)NC2N1. The number of hydrogen-bond donors (Lipinski definition) is 3. The van der Waals surface area contributed by atoms with Crippen molar-refractivity contribution >= 4 is 11.6 Å². The van der Waals surface area contributed by atoms with Gasteiger partial charge in [-0.05, 0) is 49.3 Å². The molecule has 1 amide bonds. The van der Waals surface area contributed by atoms with Crippen LogP contribution in [-0.4, -0.2) is 49.6 Å². The summed E-state index contributed by atoms with van der Waals surface area (Å²) in [7, 11) is 0. The number of morpholine rings is 1. The molecule has 2 saturated heterocycles. The van der Waals surface area contributed by atoms with E-state index in [1.807, 2.05) is 11.2 Å². The average molecular weight is 383 g/mol. The van der Waals surface area contributed by atoms with E-state index in [1.165, 1.54) is 36.0 Å². The highest BCUT2D eigenvalue weighted by Crippen LogP contribution is 2.39. The summed E-state index contributed by atoms with van der Waals surface area (Å²) < 4.78 is 5.43. The summed E-state index contributed by atoms with van der Waals surface area (Å²) in [6.45, 7) is 7.36. The molecule has 0 bridgehead atoms. The topological polar surface area (TPSA) is 68.9 Å². The van der Waals surface area contributed by atoms with Gasteiger partial charge in [-0.2, -0.15) is 0 Å². The largest absolute Gasteiger partial charge is 0.379 e. The van der Waals surface area contributed by atoms with Gasteiger partial charge in [0.2, 0.25) is 0 Å². The molecule has 0 radical (unpaired) electrons. The number of nitrogens with zero attached hydrogens (tertiary/aromatic N) is 2. The summed E-state index contributed by atoms with van der Waals surface area (Å²) in [6.07, 6.45) is 5.53. The first-order valence-corrected chi connectivity index (χ1v) is 10.4. The van der Waals surface area contributed by atoms with Crippen molar-refractivity contribution in [2.45, 2.75) is 51.5 Å². The Kier molecular flexibility index (Phi) is 4.63. The number of carbonyl (C=O) groups excluding carboxylic acids is 1. The van der Waals surface area contributed by atoms with Crippen LogP contribution in [0.4, 0.5) is 5.69 Å². The molecule has 1 aromatic rings. The number of carbonyl (C=O) groups is 1. The molecule has 3 aliphatic heterocycles. The standard InChI is InChI=1S/C21H29N5O2/c1-13-10-16(15-4-3-5-15)11-14(2)18(13)26-12-17-19(24-26)22-21(23-20(17)27)25-6-8-28-9-7-25/h10-12,15,19,21-22,24H,3-9H2,1-2H3,(H,23,27). The van der Waals surface area contributed by atoms with Crippen LogP contribution in [0.15, 0.2) is 23.9 Å². The normalized spacial score (nSPS) is 28.6. The number of amides is 1. The molecule has 0 spiro atoms. The van der Waals surface area contributed by atoms with Crippen LogP contribution >= 0.6 is 0 Å². The number of hydrazine groups is 1. The summed E-state index contributed by atoms with van der Waals surface area (Å²) in [5, 5.41) is 8.62. The first-order valence-electron chi connectivity index (χ1n) is 10.4. The second-order valence-electron chi connectivity index (χ2n) is 8.34.